The quantitative estimate of drug-likeness (QED) is 0.239. The molecule has 0 radical (unpaired) electrons. The molecule has 0 bridgehead atoms. The molecule has 204 valence electrons. The van der Waals surface area contributed by atoms with Gasteiger partial charge in [-0.2, -0.15) is 0 Å². The summed E-state index contributed by atoms with van der Waals surface area (Å²) < 4.78 is 0. The smallest absolute Gasteiger partial charge is 0.326 e. The Morgan fingerprint density at radius 3 is 2.25 bits per heavy atom. The summed E-state index contributed by atoms with van der Waals surface area (Å²) in [5, 5.41) is 14.8. The van der Waals surface area contributed by atoms with Gasteiger partial charge in [0.05, 0.1) is 21.4 Å². The van der Waals surface area contributed by atoms with Crippen LogP contribution in [-0.2, 0) is 13.1 Å². The van der Waals surface area contributed by atoms with Gasteiger partial charge in [-0.15, -0.1) is 0 Å². The molecule has 2 aliphatic rings. The monoisotopic (exact) mass is 591 g/mol. The number of aliphatic hydroxyl groups excluding tert-OH is 1. The number of nitrogens with one attached hydrogen (secondary N) is 1. The minimum atomic E-state index is -0.305. The van der Waals surface area contributed by atoms with E-state index in [0.29, 0.717) is 33.0 Å². The van der Waals surface area contributed by atoms with Crippen molar-refractivity contribution < 1.29 is 9.90 Å². The summed E-state index contributed by atoms with van der Waals surface area (Å²) in [5.74, 6) is 0.0874. The number of nitrogens with zero attached hydrogens (tertiary/aromatic N) is 2. The van der Waals surface area contributed by atoms with Gasteiger partial charge in [-0.05, 0) is 41.0 Å². The number of fused-ring (bicyclic) bond motifs is 1. The van der Waals surface area contributed by atoms with Crippen molar-refractivity contribution in [2.75, 3.05) is 24.6 Å². The number of hydrogen-bond donors (Lipinski definition) is 2. The molecule has 1 saturated heterocycles. The first kappa shape index (κ1) is 27.1. The summed E-state index contributed by atoms with van der Waals surface area (Å²) in [6.07, 6.45) is 0. The molecule has 0 saturated carbocycles. The molecule has 0 aliphatic carbocycles. The van der Waals surface area contributed by atoms with Gasteiger partial charge in [0, 0.05) is 60.8 Å². The van der Waals surface area contributed by atoms with Gasteiger partial charge in [0.15, 0.2) is 0 Å². The largest absolute Gasteiger partial charge is 0.396 e. The van der Waals surface area contributed by atoms with Gasteiger partial charge in [0.25, 0.3) is 0 Å². The Kier molecular flexibility index (Phi) is 7.76. The Hall–Kier alpha value is -3.06. The van der Waals surface area contributed by atoms with Crippen molar-refractivity contribution in [2.24, 2.45) is 5.92 Å². The van der Waals surface area contributed by atoms with Crippen LogP contribution in [-0.4, -0.2) is 35.7 Å². The second-order valence-corrected chi connectivity index (χ2v) is 11.6. The molecular formula is C32H28Cl3N3O2. The molecule has 2 heterocycles. The van der Waals surface area contributed by atoms with Crippen LogP contribution >= 0.6 is 34.8 Å². The van der Waals surface area contributed by atoms with Crippen LogP contribution in [0, 0.1) is 5.92 Å². The van der Waals surface area contributed by atoms with E-state index < -0.39 is 0 Å². The summed E-state index contributed by atoms with van der Waals surface area (Å²) in [5.41, 5.74) is 6.15. The van der Waals surface area contributed by atoms with E-state index in [1.54, 1.807) is 23.1 Å². The molecule has 2 amide bonds. The Labute approximate surface area is 248 Å². The molecule has 4 aromatic carbocycles. The van der Waals surface area contributed by atoms with Crippen LogP contribution in [0.25, 0.3) is 11.1 Å². The molecule has 6 rings (SSSR count). The zero-order valence-electron chi connectivity index (χ0n) is 21.7. The standard InChI is InChI=1S/C32H28Cl3N3O2/c33-27-10-5-4-9-23(27)24-13-21(26-18-37(17-22(26)19-39)16-20-7-2-1-3-8-20)14-30-25(24)15-36-32(40)38(30)31-28(34)11-6-12-29(31)35/h1-14,22,26,39H,15-19H2,(H,36,40). The SMILES string of the molecule is O=C1NCc2c(-c3ccccc3Cl)cc(C3CN(Cc4ccccc4)CC3CO)cc2N1c1c(Cl)cccc1Cl. The second kappa shape index (κ2) is 11.4. The molecule has 0 aromatic heterocycles. The van der Waals surface area contributed by atoms with E-state index in [-0.39, 0.29) is 24.5 Å². The first-order valence-electron chi connectivity index (χ1n) is 13.3. The highest BCUT2D eigenvalue weighted by atomic mass is 35.5. The number of carbonyl (C=O) groups is 1. The van der Waals surface area contributed by atoms with E-state index in [1.165, 1.54) is 5.56 Å². The number of aliphatic hydroxyl groups is 1. The van der Waals surface area contributed by atoms with Gasteiger partial charge in [-0.3, -0.25) is 9.80 Å². The Bertz CT molecular complexity index is 1540. The summed E-state index contributed by atoms with van der Waals surface area (Å²) in [7, 11) is 0. The molecule has 40 heavy (non-hydrogen) atoms. The fraction of sp³-hybridized carbons (Fsp3) is 0.219. The maximum absolute atomic E-state index is 13.4. The first-order chi connectivity index (χ1) is 19.4. The zero-order chi connectivity index (χ0) is 27.8. The average molecular weight is 593 g/mol. The molecule has 2 N–H and O–H groups in total. The topological polar surface area (TPSA) is 55.8 Å². The van der Waals surface area contributed by atoms with Crippen molar-refractivity contribution in [1.82, 2.24) is 10.2 Å². The van der Waals surface area contributed by atoms with Crippen molar-refractivity contribution in [2.45, 2.75) is 19.0 Å². The lowest BCUT2D eigenvalue weighted by Gasteiger charge is -2.34. The van der Waals surface area contributed by atoms with E-state index in [2.05, 4.69) is 34.5 Å². The highest BCUT2D eigenvalue weighted by molar-refractivity contribution is 6.40. The summed E-state index contributed by atoms with van der Waals surface area (Å²) >= 11 is 20.0. The first-order valence-corrected chi connectivity index (χ1v) is 14.4. The molecule has 2 unspecified atom stereocenters. The molecule has 4 aromatic rings. The third-order valence-electron chi connectivity index (χ3n) is 7.86. The molecule has 8 heteroatoms. The number of amides is 2. The van der Waals surface area contributed by atoms with E-state index in [0.717, 1.165) is 41.9 Å². The van der Waals surface area contributed by atoms with Gasteiger partial charge >= 0.3 is 6.03 Å². The molecule has 5 nitrogen and oxygen atoms in total. The maximum atomic E-state index is 13.4. The minimum absolute atomic E-state index is 0.0376. The highest BCUT2D eigenvalue weighted by Gasteiger charge is 2.37. The van der Waals surface area contributed by atoms with Crippen LogP contribution in [0.3, 0.4) is 0 Å². The number of hydrogen-bond acceptors (Lipinski definition) is 3. The Balaban J connectivity index is 1.50. The summed E-state index contributed by atoms with van der Waals surface area (Å²) in [6, 6.07) is 27.2. The van der Waals surface area contributed by atoms with E-state index in [9.17, 15) is 9.90 Å². The van der Waals surface area contributed by atoms with E-state index in [1.807, 2.05) is 42.5 Å². The Morgan fingerprint density at radius 2 is 1.52 bits per heavy atom. The van der Waals surface area contributed by atoms with Gasteiger partial charge in [0.1, 0.15) is 0 Å². The third-order valence-corrected chi connectivity index (χ3v) is 8.80. The van der Waals surface area contributed by atoms with Crippen LogP contribution < -0.4 is 10.2 Å². The van der Waals surface area contributed by atoms with E-state index >= 15 is 0 Å². The van der Waals surface area contributed by atoms with Gasteiger partial charge in [-0.25, -0.2) is 4.79 Å². The molecule has 2 aliphatic heterocycles. The number of urea groups is 1. The molecular weight excluding hydrogens is 565 g/mol. The zero-order valence-corrected chi connectivity index (χ0v) is 23.9. The highest BCUT2D eigenvalue weighted by Crippen LogP contribution is 2.47. The van der Waals surface area contributed by atoms with Crippen LogP contribution in [0.15, 0.2) is 84.9 Å². The Morgan fingerprint density at radius 1 is 0.825 bits per heavy atom. The van der Waals surface area contributed by atoms with Gasteiger partial charge < -0.3 is 10.4 Å². The van der Waals surface area contributed by atoms with Crippen LogP contribution in [0.5, 0.6) is 0 Å². The van der Waals surface area contributed by atoms with Crippen molar-refractivity contribution in [3.63, 3.8) is 0 Å². The average Bonchev–Trinajstić information content (AvgIpc) is 3.37. The lowest BCUT2D eigenvalue weighted by molar-refractivity contribution is 0.214. The fourth-order valence-electron chi connectivity index (χ4n) is 5.97. The predicted molar refractivity (Wildman–Crippen MR) is 163 cm³/mol. The maximum Gasteiger partial charge on any atom is 0.326 e. The number of rotatable bonds is 6. The number of likely N-dealkylation sites (tertiary alicyclic amines) is 1. The van der Waals surface area contributed by atoms with E-state index in [4.69, 9.17) is 34.8 Å². The number of anilines is 2. The van der Waals surface area contributed by atoms with Crippen LogP contribution in [0.1, 0.15) is 22.6 Å². The number of carbonyl (C=O) groups excluding carboxylic acids is 1. The predicted octanol–water partition coefficient (Wildman–Crippen LogP) is 7.88. The van der Waals surface area contributed by atoms with Crippen molar-refractivity contribution in [3.05, 3.63) is 117 Å². The minimum Gasteiger partial charge on any atom is -0.396 e. The van der Waals surface area contributed by atoms with Crippen LogP contribution in [0.2, 0.25) is 15.1 Å². The molecule has 2 atom stereocenters. The lowest BCUT2D eigenvalue weighted by Crippen LogP contribution is -2.42. The normalized spacial score (nSPS) is 19.0. The number of halogens is 3. The number of benzene rings is 4. The van der Waals surface area contributed by atoms with Crippen molar-refractivity contribution in [3.8, 4) is 11.1 Å². The van der Waals surface area contributed by atoms with Crippen molar-refractivity contribution >= 4 is 52.2 Å². The third kappa shape index (κ3) is 5.09. The lowest BCUT2D eigenvalue weighted by atomic mass is 9.85. The fourth-order valence-corrected chi connectivity index (χ4v) is 6.77. The van der Waals surface area contributed by atoms with Crippen molar-refractivity contribution in [1.29, 1.82) is 0 Å². The molecule has 1 fully saturated rings. The number of para-hydroxylation sites is 1. The second-order valence-electron chi connectivity index (χ2n) is 10.3. The van der Waals surface area contributed by atoms with Gasteiger partial charge in [0.2, 0.25) is 0 Å². The van der Waals surface area contributed by atoms with Crippen LogP contribution in [0.4, 0.5) is 16.2 Å². The summed E-state index contributed by atoms with van der Waals surface area (Å²) in [6.45, 7) is 2.76. The van der Waals surface area contributed by atoms with Gasteiger partial charge in [-0.1, -0.05) is 95.5 Å². The summed E-state index contributed by atoms with van der Waals surface area (Å²) in [4.78, 5) is 17.4. The molecule has 0 spiro atoms.